The molecule has 0 unspecified atom stereocenters. The van der Waals surface area contributed by atoms with Gasteiger partial charge in [-0.2, -0.15) is 5.10 Å². The van der Waals surface area contributed by atoms with Crippen LogP contribution >= 0.6 is 35.4 Å². The van der Waals surface area contributed by atoms with Crippen LogP contribution in [0.3, 0.4) is 0 Å². The van der Waals surface area contributed by atoms with E-state index in [1.165, 1.54) is 0 Å². The summed E-state index contributed by atoms with van der Waals surface area (Å²) in [6.07, 6.45) is 0. The Kier molecular flexibility index (Phi) is 7.54. The van der Waals surface area contributed by atoms with Crippen LogP contribution in [0.5, 0.6) is 11.5 Å². The maximum Gasteiger partial charge on any atom is 0.214 e. The van der Waals surface area contributed by atoms with Crippen LogP contribution in [-0.2, 0) is 13.2 Å². The van der Waals surface area contributed by atoms with Gasteiger partial charge in [0.05, 0.1) is 18.2 Å². The lowest BCUT2D eigenvalue weighted by Crippen LogP contribution is -2.16. The highest BCUT2D eigenvalue weighted by Crippen LogP contribution is 2.37. The standard InChI is InChI=1S/C24H22Cl2N4O2S/c1-2-31-21-13-16(12-20(26)22(21)32-15-18-10-6-7-11-19(18)25)14-27-30-23(28-29-24(30)33)17-8-4-3-5-9-17/h3-13,27H,2,14-15H2,1H3,(H,29,33). The van der Waals surface area contributed by atoms with E-state index in [1.807, 2.05) is 73.7 Å². The minimum atomic E-state index is 0.279. The van der Waals surface area contributed by atoms with Crippen LogP contribution in [0.15, 0.2) is 66.7 Å². The maximum absolute atomic E-state index is 6.58. The molecule has 4 rings (SSSR count). The molecule has 1 aromatic heterocycles. The number of nitrogens with one attached hydrogen (secondary N) is 2. The molecule has 0 atom stereocenters. The van der Waals surface area contributed by atoms with Gasteiger partial charge in [0.1, 0.15) is 6.61 Å². The van der Waals surface area contributed by atoms with Gasteiger partial charge in [0.2, 0.25) is 4.77 Å². The molecule has 170 valence electrons. The second kappa shape index (κ2) is 10.7. The van der Waals surface area contributed by atoms with Crippen LogP contribution in [0.1, 0.15) is 18.1 Å². The van der Waals surface area contributed by atoms with Crippen LogP contribution in [-0.4, -0.2) is 21.5 Å². The van der Waals surface area contributed by atoms with Gasteiger partial charge in [-0.25, -0.2) is 9.77 Å². The smallest absolute Gasteiger partial charge is 0.214 e. The lowest BCUT2D eigenvalue weighted by molar-refractivity contribution is 0.269. The lowest BCUT2D eigenvalue weighted by Gasteiger charge is -2.17. The fourth-order valence-electron chi connectivity index (χ4n) is 3.29. The molecule has 9 heteroatoms. The van der Waals surface area contributed by atoms with Crippen molar-refractivity contribution in [2.24, 2.45) is 0 Å². The molecule has 0 saturated carbocycles. The number of hydrogen-bond acceptors (Lipinski definition) is 5. The molecule has 0 saturated heterocycles. The Balaban J connectivity index is 1.54. The van der Waals surface area contributed by atoms with Gasteiger partial charge in [-0.05, 0) is 42.9 Å². The Morgan fingerprint density at radius 3 is 2.52 bits per heavy atom. The summed E-state index contributed by atoms with van der Waals surface area (Å²) in [6, 6.07) is 21.1. The Bertz CT molecular complexity index is 1290. The molecule has 0 bridgehead atoms. The first kappa shape index (κ1) is 23.2. The number of ether oxygens (including phenoxy) is 2. The fourth-order valence-corrected chi connectivity index (χ4v) is 3.96. The summed E-state index contributed by atoms with van der Waals surface area (Å²) in [5, 5.41) is 8.26. The van der Waals surface area contributed by atoms with E-state index < -0.39 is 0 Å². The van der Waals surface area contributed by atoms with Gasteiger partial charge >= 0.3 is 0 Å². The second-order valence-electron chi connectivity index (χ2n) is 7.11. The Morgan fingerprint density at radius 2 is 1.76 bits per heavy atom. The first-order chi connectivity index (χ1) is 16.1. The Morgan fingerprint density at radius 1 is 1.00 bits per heavy atom. The van der Waals surface area contributed by atoms with Crippen LogP contribution in [0.4, 0.5) is 0 Å². The summed E-state index contributed by atoms with van der Waals surface area (Å²) in [7, 11) is 0. The van der Waals surface area contributed by atoms with Gasteiger partial charge in [0.15, 0.2) is 17.3 Å². The number of benzene rings is 3. The van der Waals surface area contributed by atoms with Gasteiger partial charge in [-0.1, -0.05) is 71.7 Å². The van der Waals surface area contributed by atoms with Crippen molar-refractivity contribution in [2.75, 3.05) is 12.0 Å². The zero-order chi connectivity index (χ0) is 23.2. The van der Waals surface area contributed by atoms with Crippen molar-refractivity contribution in [3.05, 3.63) is 92.7 Å². The molecule has 0 fully saturated rings. The van der Waals surface area contributed by atoms with E-state index in [9.17, 15) is 0 Å². The summed E-state index contributed by atoms with van der Waals surface area (Å²) in [5.41, 5.74) is 6.01. The number of nitrogens with zero attached hydrogens (tertiary/aromatic N) is 2. The molecule has 33 heavy (non-hydrogen) atoms. The molecule has 3 aromatic carbocycles. The average Bonchev–Trinajstić information content (AvgIpc) is 3.19. The molecule has 4 aromatic rings. The molecular formula is C24H22Cl2N4O2S. The third-order valence-electron chi connectivity index (χ3n) is 4.84. The van der Waals surface area contributed by atoms with Crippen molar-refractivity contribution in [1.82, 2.24) is 14.9 Å². The van der Waals surface area contributed by atoms with E-state index in [4.69, 9.17) is 44.9 Å². The second-order valence-corrected chi connectivity index (χ2v) is 8.31. The van der Waals surface area contributed by atoms with Gasteiger partial charge in [-0.3, -0.25) is 0 Å². The maximum atomic E-state index is 6.58. The normalized spacial score (nSPS) is 10.8. The largest absolute Gasteiger partial charge is 0.490 e. The molecule has 1 heterocycles. The molecule has 0 aliphatic rings. The average molecular weight is 501 g/mol. The first-order valence-corrected chi connectivity index (χ1v) is 11.5. The molecule has 6 nitrogen and oxygen atoms in total. The summed E-state index contributed by atoms with van der Waals surface area (Å²) in [5.74, 6) is 1.73. The minimum Gasteiger partial charge on any atom is -0.490 e. The van der Waals surface area contributed by atoms with E-state index in [0.717, 1.165) is 16.7 Å². The number of rotatable bonds is 9. The summed E-state index contributed by atoms with van der Waals surface area (Å²) >= 11 is 18.2. The molecule has 2 N–H and O–H groups in total. The molecular weight excluding hydrogens is 479 g/mol. The highest BCUT2D eigenvalue weighted by Gasteiger charge is 2.15. The summed E-state index contributed by atoms with van der Waals surface area (Å²) < 4.78 is 14.0. The number of halogens is 2. The quantitative estimate of drug-likeness (QED) is 0.252. The van der Waals surface area contributed by atoms with Crippen LogP contribution in [0.2, 0.25) is 10.0 Å². The molecule has 0 aliphatic heterocycles. The van der Waals surface area contributed by atoms with Crippen LogP contribution in [0.25, 0.3) is 11.4 Å². The van der Waals surface area contributed by atoms with Gasteiger partial charge in [-0.15, -0.1) is 0 Å². The predicted molar refractivity (Wildman–Crippen MR) is 134 cm³/mol. The number of aromatic nitrogens is 3. The SMILES string of the molecule is CCOc1cc(CNn2c(-c3ccccc3)n[nH]c2=S)cc(Cl)c1OCc1ccccc1Cl. The monoisotopic (exact) mass is 500 g/mol. The minimum absolute atomic E-state index is 0.279. The van der Waals surface area contributed by atoms with E-state index in [1.54, 1.807) is 4.68 Å². The summed E-state index contributed by atoms with van der Waals surface area (Å²) in [6.45, 7) is 3.11. The van der Waals surface area contributed by atoms with E-state index in [-0.39, 0.29) is 6.61 Å². The van der Waals surface area contributed by atoms with Crippen molar-refractivity contribution in [3.63, 3.8) is 0 Å². The van der Waals surface area contributed by atoms with Crippen LogP contribution < -0.4 is 14.9 Å². The Hall–Kier alpha value is -3.00. The Labute approximate surface area is 207 Å². The molecule has 0 spiro atoms. The van der Waals surface area contributed by atoms with Crippen molar-refractivity contribution in [1.29, 1.82) is 0 Å². The zero-order valence-corrected chi connectivity index (χ0v) is 20.2. The molecule has 0 radical (unpaired) electrons. The highest BCUT2D eigenvalue weighted by molar-refractivity contribution is 7.71. The summed E-state index contributed by atoms with van der Waals surface area (Å²) in [4.78, 5) is 0. The van der Waals surface area contributed by atoms with Crippen molar-refractivity contribution < 1.29 is 9.47 Å². The molecule has 0 aliphatic carbocycles. The lowest BCUT2D eigenvalue weighted by atomic mass is 10.2. The number of H-pyrrole nitrogens is 1. The van der Waals surface area contributed by atoms with Crippen LogP contribution in [0, 0.1) is 4.77 Å². The first-order valence-electron chi connectivity index (χ1n) is 10.3. The van der Waals surface area contributed by atoms with E-state index in [2.05, 4.69) is 15.6 Å². The highest BCUT2D eigenvalue weighted by atomic mass is 35.5. The zero-order valence-electron chi connectivity index (χ0n) is 17.8. The number of aromatic amines is 1. The van der Waals surface area contributed by atoms with E-state index >= 15 is 0 Å². The van der Waals surface area contributed by atoms with Gasteiger partial charge in [0.25, 0.3) is 0 Å². The van der Waals surface area contributed by atoms with Gasteiger partial charge < -0.3 is 14.9 Å². The third-order valence-corrected chi connectivity index (χ3v) is 5.77. The van der Waals surface area contributed by atoms with E-state index in [0.29, 0.717) is 45.3 Å². The van der Waals surface area contributed by atoms with Crippen molar-refractivity contribution in [3.8, 4) is 22.9 Å². The predicted octanol–water partition coefficient (Wildman–Crippen LogP) is 6.64. The topological polar surface area (TPSA) is 64.1 Å². The van der Waals surface area contributed by atoms with Crippen molar-refractivity contribution in [2.45, 2.75) is 20.1 Å². The molecule has 0 amide bonds. The number of hydrogen-bond donors (Lipinski definition) is 2. The van der Waals surface area contributed by atoms with Gasteiger partial charge in [0, 0.05) is 16.1 Å². The fraction of sp³-hybridized carbons (Fsp3) is 0.167. The van der Waals surface area contributed by atoms with Crippen molar-refractivity contribution >= 4 is 35.4 Å². The third kappa shape index (κ3) is 5.50.